The van der Waals surface area contributed by atoms with E-state index in [1.165, 1.54) is 0 Å². The number of ether oxygens (including phenoxy) is 1. The van der Waals surface area contributed by atoms with Gasteiger partial charge < -0.3 is 20.7 Å². The number of hydrogen-bond donors (Lipinski definition) is 2. The van der Waals surface area contributed by atoms with E-state index in [1.54, 1.807) is 0 Å². The quantitative estimate of drug-likeness (QED) is 0.420. The molecule has 2 aromatic rings. The minimum atomic E-state index is -0.608. The van der Waals surface area contributed by atoms with Crippen molar-refractivity contribution < 1.29 is 19.1 Å². The Kier molecular flexibility index (Phi) is 10.5. The van der Waals surface area contributed by atoms with Gasteiger partial charge in [0.15, 0.2) is 0 Å². The standard InChI is InChI=1S/C30H41N3O4/c1-4-11-25(28(31)34)26(18-21(2)3)29(35)32-27-16-8-9-17-33(30(27)36)20-22-12-10-15-24(19-22)37-23-13-6-5-7-14-23/h5-7,10,12-15,19,21,25-27H,4,8-9,11,16-18,20H2,1-3H3,(H2,31,34)(H,32,35)/t25-,26+,27-/m0/s1. The van der Waals surface area contributed by atoms with Crippen LogP contribution in [0, 0.1) is 17.8 Å². The van der Waals surface area contributed by atoms with E-state index in [0.29, 0.717) is 38.1 Å². The van der Waals surface area contributed by atoms with Gasteiger partial charge in [-0.15, -0.1) is 0 Å². The van der Waals surface area contributed by atoms with Gasteiger partial charge in [0.1, 0.15) is 17.5 Å². The molecule has 0 aliphatic carbocycles. The Morgan fingerprint density at radius 3 is 2.46 bits per heavy atom. The fourth-order valence-corrected chi connectivity index (χ4v) is 5.04. The van der Waals surface area contributed by atoms with Gasteiger partial charge in [-0.1, -0.05) is 57.5 Å². The van der Waals surface area contributed by atoms with Gasteiger partial charge in [-0.25, -0.2) is 0 Å². The maximum atomic E-state index is 13.5. The van der Waals surface area contributed by atoms with E-state index in [9.17, 15) is 14.4 Å². The second-order valence-corrected chi connectivity index (χ2v) is 10.4. The topological polar surface area (TPSA) is 102 Å². The van der Waals surface area contributed by atoms with Crippen LogP contribution >= 0.6 is 0 Å². The van der Waals surface area contributed by atoms with Crippen molar-refractivity contribution in [2.75, 3.05) is 6.54 Å². The molecule has 3 N–H and O–H groups in total. The number of rotatable bonds is 12. The summed E-state index contributed by atoms with van der Waals surface area (Å²) in [6.07, 6.45) is 4.17. The molecule has 2 aromatic carbocycles. The molecule has 0 aromatic heterocycles. The number of carbonyl (C=O) groups excluding carboxylic acids is 3. The van der Waals surface area contributed by atoms with Crippen molar-refractivity contribution in [3.63, 3.8) is 0 Å². The van der Waals surface area contributed by atoms with Gasteiger partial charge in [-0.05, 0) is 67.9 Å². The molecule has 0 radical (unpaired) electrons. The third kappa shape index (κ3) is 8.34. The summed E-state index contributed by atoms with van der Waals surface area (Å²) < 4.78 is 5.95. The lowest BCUT2D eigenvalue weighted by molar-refractivity contribution is -0.139. The average Bonchev–Trinajstić information content (AvgIpc) is 3.03. The molecule has 0 unspecified atom stereocenters. The van der Waals surface area contributed by atoms with E-state index in [-0.39, 0.29) is 17.7 Å². The van der Waals surface area contributed by atoms with E-state index in [4.69, 9.17) is 10.5 Å². The van der Waals surface area contributed by atoms with Gasteiger partial charge in [0.25, 0.3) is 0 Å². The molecular weight excluding hydrogens is 466 g/mol. The molecule has 7 nitrogen and oxygen atoms in total. The number of primary amides is 1. The Morgan fingerprint density at radius 1 is 1.05 bits per heavy atom. The third-order valence-electron chi connectivity index (χ3n) is 6.86. The molecule has 0 spiro atoms. The van der Waals surface area contributed by atoms with Crippen LogP contribution in [-0.4, -0.2) is 35.2 Å². The molecule has 0 saturated carbocycles. The summed E-state index contributed by atoms with van der Waals surface area (Å²) in [5.74, 6) is -0.165. The minimum Gasteiger partial charge on any atom is -0.457 e. The Bertz CT molecular complexity index is 1040. The largest absolute Gasteiger partial charge is 0.457 e. The average molecular weight is 508 g/mol. The zero-order valence-corrected chi connectivity index (χ0v) is 22.3. The zero-order valence-electron chi connectivity index (χ0n) is 22.3. The fourth-order valence-electron chi connectivity index (χ4n) is 5.04. The van der Waals surface area contributed by atoms with Crippen molar-refractivity contribution in [3.8, 4) is 11.5 Å². The lowest BCUT2D eigenvalue weighted by atomic mass is 9.81. The Morgan fingerprint density at radius 2 is 1.78 bits per heavy atom. The number of para-hydroxylation sites is 1. The normalized spacial score (nSPS) is 17.7. The summed E-state index contributed by atoms with van der Waals surface area (Å²) >= 11 is 0. The third-order valence-corrected chi connectivity index (χ3v) is 6.86. The van der Waals surface area contributed by atoms with Crippen molar-refractivity contribution in [1.29, 1.82) is 0 Å². The van der Waals surface area contributed by atoms with Crippen LogP contribution in [0.3, 0.4) is 0 Å². The second-order valence-electron chi connectivity index (χ2n) is 10.4. The summed E-state index contributed by atoms with van der Waals surface area (Å²) in [5.41, 5.74) is 6.65. The molecule has 1 fully saturated rings. The van der Waals surface area contributed by atoms with Crippen LogP contribution in [0.2, 0.25) is 0 Å². The molecule has 1 saturated heterocycles. The number of hydrogen-bond acceptors (Lipinski definition) is 4. The predicted molar refractivity (Wildman–Crippen MR) is 145 cm³/mol. The van der Waals surface area contributed by atoms with Crippen LogP contribution in [0.1, 0.15) is 64.9 Å². The van der Waals surface area contributed by atoms with E-state index >= 15 is 0 Å². The molecule has 0 bridgehead atoms. The number of carbonyl (C=O) groups is 3. The summed E-state index contributed by atoms with van der Waals surface area (Å²) in [6.45, 7) is 7.10. The van der Waals surface area contributed by atoms with E-state index in [2.05, 4.69) is 5.32 Å². The highest BCUT2D eigenvalue weighted by Gasteiger charge is 2.35. The lowest BCUT2D eigenvalue weighted by Gasteiger charge is -2.29. The van der Waals surface area contributed by atoms with Crippen molar-refractivity contribution in [3.05, 3.63) is 60.2 Å². The maximum absolute atomic E-state index is 13.5. The maximum Gasteiger partial charge on any atom is 0.245 e. The number of nitrogens with zero attached hydrogens (tertiary/aromatic N) is 1. The van der Waals surface area contributed by atoms with Crippen LogP contribution in [0.15, 0.2) is 54.6 Å². The van der Waals surface area contributed by atoms with Gasteiger partial charge in [0, 0.05) is 24.9 Å². The number of likely N-dealkylation sites (tertiary alicyclic amines) is 1. The van der Waals surface area contributed by atoms with Crippen molar-refractivity contribution in [2.24, 2.45) is 23.5 Å². The molecule has 3 amide bonds. The molecule has 7 heteroatoms. The molecule has 1 aliphatic heterocycles. The van der Waals surface area contributed by atoms with Gasteiger partial charge in [-0.3, -0.25) is 14.4 Å². The van der Waals surface area contributed by atoms with Crippen LogP contribution < -0.4 is 15.8 Å². The number of nitrogens with two attached hydrogens (primary N) is 1. The fraction of sp³-hybridized carbons (Fsp3) is 0.500. The minimum absolute atomic E-state index is 0.0883. The van der Waals surface area contributed by atoms with Crippen LogP contribution in [-0.2, 0) is 20.9 Å². The lowest BCUT2D eigenvalue weighted by Crippen LogP contribution is -2.50. The first kappa shape index (κ1) is 28.2. The molecule has 3 atom stereocenters. The summed E-state index contributed by atoms with van der Waals surface area (Å²) in [6, 6.07) is 16.7. The Labute approximate surface area is 220 Å². The van der Waals surface area contributed by atoms with Gasteiger partial charge >= 0.3 is 0 Å². The van der Waals surface area contributed by atoms with Gasteiger partial charge in [0.2, 0.25) is 17.7 Å². The summed E-state index contributed by atoms with van der Waals surface area (Å²) in [7, 11) is 0. The second kappa shape index (κ2) is 13.8. The van der Waals surface area contributed by atoms with E-state index < -0.39 is 23.8 Å². The first-order chi connectivity index (χ1) is 17.8. The SMILES string of the molecule is CCC[C@H](C(N)=O)[C@@H](CC(C)C)C(=O)N[C@H]1CCCCN(Cc2cccc(Oc3ccccc3)c2)C1=O. The first-order valence-electron chi connectivity index (χ1n) is 13.5. The van der Waals surface area contributed by atoms with Crippen LogP contribution in [0.25, 0.3) is 0 Å². The Hall–Kier alpha value is -3.35. The van der Waals surface area contributed by atoms with Crippen molar-refractivity contribution in [2.45, 2.75) is 71.9 Å². The highest BCUT2D eigenvalue weighted by atomic mass is 16.5. The molecule has 3 rings (SSSR count). The van der Waals surface area contributed by atoms with Crippen molar-refractivity contribution >= 4 is 17.7 Å². The number of benzene rings is 2. The Balaban J connectivity index is 1.71. The molecule has 200 valence electrons. The van der Waals surface area contributed by atoms with Crippen LogP contribution in [0.4, 0.5) is 0 Å². The number of nitrogens with one attached hydrogen (secondary N) is 1. The monoisotopic (exact) mass is 507 g/mol. The molecule has 1 heterocycles. The van der Waals surface area contributed by atoms with Crippen molar-refractivity contribution in [1.82, 2.24) is 10.2 Å². The van der Waals surface area contributed by atoms with E-state index in [1.807, 2.05) is 80.3 Å². The molecular formula is C30H41N3O4. The molecule has 1 aliphatic rings. The molecule has 37 heavy (non-hydrogen) atoms. The highest BCUT2D eigenvalue weighted by Crippen LogP contribution is 2.27. The van der Waals surface area contributed by atoms with E-state index in [0.717, 1.165) is 30.6 Å². The summed E-state index contributed by atoms with van der Waals surface area (Å²) in [5, 5.41) is 3.01. The highest BCUT2D eigenvalue weighted by molar-refractivity contribution is 5.91. The zero-order chi connectivity index (χ0) is 26.8. The predicted octanol–water partition coefficient (Wildman–Crippen LogP) is 5.04. The summed E-state index contributed by atoms with van der Waals surface area (Å²) in [4.78, 5) is 40.9. The van der Waals surface area contributed by atoms with Crippen LogP contribution in [0.5, 0.6) is 11.5 Å². The van der Waals surface area contributed by atoms with Gasteiger partial charge in [-0.2, -0.15) is 0 Å². The van der Waals surface area contributed by atoms with Gasteiger partial charge in [0.05, 0.1) is 0 Å². The first-order valence-corrected chi connectivity index (χ1v) is 13.5. The smallest absolute Gasteiger partial charge is 0.245 e. The number of amides is 3.